The van der Waals surface area contributed by atoms with Gasteiger partial charge >= 0.3 is 0 Å². The summed E-state index contributed by atoms with van der Waals surface area (Å²) in [5.41, 5.74) is 2.94. The molecule has 21 heavy (non-hydrogen) atoms. The minimum atomic E-state index is 0.137. The summed E-state index contributed by atoms with van der Waals surface area (Å²) in [5, 5.41) is 3.57. The largest absolute Gasteiger partial charge is 0.311 e. The van der Waals surface area contributed by atoms with E-state index in [0.29, 0.717) is 12.0 Å². The first kappa shape index (κ1) is 18.2. The highest BCUT2D eigenvalue weighted by Crippen LogP contribution is 2.34. The zero-order chi connectivity index (χ0) is 16.0. The van der Waals surface area contributed by atoms with Gasteiger partial charge in [0.05, 0.1) is 6.04 Å². The quantitative estimate of drug-likeness (QED) is 0.754. The van der Waals surface area contributed by atoms with Crippen LogP contribution in [0.25, 0.3) is 0 Å². The molecular weight excluding hydrogens is 256 g/mol. The van der Waals surface area contributed by atoms with Crippen molar-refractivity contribution in [1.29, 1.82) is 0 Å². The van der Waals surface area contributed by atoms with Crippen molar-refractivity contribution in [2.75, 3.05) is 20.1 Å². The molecule has 2 nitrogen and oxygen atoms in total. The summed E-state index contributed by atoms with van der Waals surface area (Å²) in [5.74, 6) is 0.590. The Morgan fingerprint density at radius 3 is 1.81 bits per heavy atom. The summed E-state index contributed by atoms with van der Waals surface area (Å²) in [6.07, 6.45) is 1.13. The first-order valence-electron chi connectivity index (χ1n) is 8.46. The summed E-state index contributed by atoms with van der Waals surface area (Å²) >= 11 is 0. The Labute approximate surface area is 131 Å². The van der Waals surface area contributed by atoms with Gasteiger partial charge < -0.3 is 5.32 Å². The molecule has 0 amide bonds. The molecule has 0 radical (unpaired) electrons. The van der Waals surface area contributed by atoms with E-state index in [9.17, 15) is 0 Å². The highest BCUT2D eigenvalue weighted by molar-refractivity contribution is 5.29. The molecule has 2 heteroatoms. The van der Waals surface area contributed by atoms with Crippen LogP contribution in [0.15, 0.2) is 24.3 Å². The number of hydrogen-bond donors (Lipinski definition) is 1. The maximum Gasteiger partial charge on any atom is 0.0501 e. The summed E-state index contributed by atoms with van der Waals surface area (Å²) in [4.78, 5) is 2.57. The van der Waals surface area contributed by atoms with Gasteiger partial charge in [-0.3, -0.25) is 4.90 Å². The van der Waals surface area contributed by atoms with Gasteiger partial charge in [-0.1, -0.05) is 58.9 Å². The molecule has 0 aliphatic heterocycles. The first-order valence-corrected chi connectivity index (χ1v) is 8.46. The van der Waals surface area contributed by atoms with Crippen LogP contribution < -0.4 is 5.32 Å². The average molecular weight is 290 g/mol. The molecule has 0 aliphatic carbocycles. The minimum absolute atomic E-state index is 0.137. The minimum Gasteiger partial charge on any atom is -0.311 e. The summed E-state index contributed by atoms with van der Waals surface area (Å²) < 4.78 is 0. The van der Waals surface area contributed by atoms with E-state index < -0.39 is 0 Å². The first-order chi connectivity index (χ1) is 9.94. The maximum absolute atomic E-state index is 3.57. The molecule has 0 saturated heterocycles. The van der Waals surface area contributed by atoms with E-state index in [1.807, 2.05) is 0 Å². The van der Waals surface area contributed by atoms with Gasteiger partial charge in [0.15, 0.2) is 0 Å². The topological polar surface area (TPSA) is 15.3 Å². The van der Waals surface area contributed by atoms with Gasteiger partial charge in [0, 0.05) is 5.54 Å². The molecule has 0 aromatic heterocycles. The van der Waals surface area contributed by atoms with Crippen LogP contribution in [0.1, 0.15) is 71.0 Å². The Bertz CT molecular complexity index is 406. The zero-order valence-corrected chi connectivity index (χ0v) is 15.0. The van der Waals surface area contributed by atoms with Crippen LogP contribution in [0, 0.1) is 0 Å². The van der Waals surface area contributed by atoms with Crippen LogP contribution in [0.5, 0.6) is 0 Å². The fourth-order valence-electron chi connectivity index (χ4n) is 3.47. The van der Waals surface area contributed by atoms with Crippen molar-refractivity contribution in [3.05, 3.63) is 35.4 Å². The van der Waals surface area contributed by atoms with E-state index in [-0.39, 0.29) is 5.54 Å². The van der Waals surface area contributed by atoms with E-state index in [1.165, 1.54) is 11.1 Å². The van der Waals surface area contributed by atoms with Gasteiger partial charge in [-0.15, -0.1) is 0 Å². The molecule has 1 rings (SSSR count). The standard InChI is InChI=1S/C19H34N2/c1-8-19(6,21(9-2)10-3)18(20-7)17-13-11-16(12-14-17)15(4)5/h11-15,18,20H,8-10H2,1-7H3. The van der Waals surface area contributed by atoms with Crippen molar-refractivity contribution in [1.82, 2.24) is 10.2 Å². The van der Waals surface area contributed by atoms with Crippen molar-refractivity contribution >= 4 is 0 Å². The molecular formula is C19H34N2. The zero-order valence-electron chi connectivity index (χ0n) is 15.0. The number of benzene rings is 1. The molecule has 1 aromatic carbocycles. The normalized spacial score (nSPS) is 16.2. The van der Waals surface area contributed by atoms with E-state index in [1.54, 1.807) is 0 Å². The lowest BCUT2D eigenvalue weighted by atomic mass is 9.82. The maximum atomic E-state index is 3.57. The third kappa shape index (κ3) is 3.87. The number of likely N-dealkylation sites (N-methyl/N-ethyl adjacent to an activating group) is 2. The van der Waals surface area contributed by atoms with Crippen LogP contribution in [0.3, 0.4) is 0 Å². The van der Waals surface area contributed by atoms with Crippen LogP contribution >= 0.6 is 0 Å². The molecule has 2 unspecified atom stereocenters. The van der Waals surface area contributed by atoms with Gasteiger partial charge in [0.1, 0.15) is 0 Å². The molecule has 0 heterocycles. The molecule has 1 aromatic rings. The van der Waals surface area contributed by atoms with Gasteiger partial charge in [0.25, 0.3) is 0 Å². The lowest BCUT2D eigenvalue weighted by molar-refractivity contribution is 0.0728. The third-order valence-corrected chi connectivity index (χ3v) is 5.05. The van der Waals surface area contributed by atoms with Crippen LogP contribution in [0.2, 0.25) is 0 Å². The lowest BCUT2D eigenvalue weighted by Gasteiger charge is -2.46. The van der Waals surface area contributed by atoms with E-state index in [4.69, 9.17) is 0 Å². The molecule has 2 atom stereocenters. The smallest absolute Gasteiger partial charge is 0.0501 e. The molecule has 1 N–H and O–H groups in total. The number of nitrogens with zero attached hydrogens (tertiary/aromatic N) is 1. The van der Waals surface area contributed by atoms with Crippen LogP contribution in [0.4, 0.5) is 0 Å². The van der Waals surface area contributed by atoms with Crippen molar-refractivity contribution in [3.63, 3.8) is 0 Å². The van der Waals surface area contributed by atoms with E-state index in [0.717, 1.165) is 19.5 Å². The molecule has 120 valence electrons. The molecule has 0 bridgehead atoms. The Morgan fingerprint density at radius 1 is 1.00 bits per heavy atom. The number of hydrogen-bond acceptors (Lipinski definition) is 2. The summed E-state index contributed by atoms with van der Waals surface area (Å²) in [6, 6.07) is 9.51. The number of rotatable bonds is 8. The van der Waals surface area contributed by atoms with E-state index in [2.05, 4.69) is 83.1 Å². The molecule has 0 aliphatic rings. The fourth-order valence-corrected chi connectivity index (χ4v) is 3.47. The van der Waals surface area contributed by atoms with Crippen molar-refractivity contribution in [2.45, 2.75) is 65.5 Å². The second kappa shape index (κ2) is 7.95. The van der Waals surface area contributed by atoms with Gasteiger partial charge in [-0.05, 0) is 50.5 Å². The predicted molar refractivity (Wildman–Crippen MR) is 93.9 cm³/mol. The fraction of sp³-hybridized carbons (Fsp3) is 0.684. The van der Waals surface area contributed by atoms with Crippen molar-refractivity contribution < 1.29 is 0 Å². The summed E-state index contributed by atoms with van der Waals surface area (Å²) in [6.45, 7) is 15.9. The van der Waals surface area contributed by atoms with Crippen molar-refractivity contribution in [2.24, 2.45) is 0 Å². The van der Waals surface area contributed by atoms with Crippen LogP contribution in [-0.4, -0.2) is 30.6 Å². The molecule has 0 saturated carbocycles. The second-order valence-electron chi connectivity index (χ2n) is 6.43. The second-order valence-corrected chi connectivity index (χ2v) is 6.43. The van der Waals surface area contributed by atoms with Gasteiger partial charge in [-0.25, -0.2) is 0 Å². The Hall–Kier alpha value is -0.860. The Morgan fingerprint density at radius 2 is 1.48 bits per heavy atom. The predicted octanol–water partition coefficient (Wildman–Crippen LogP) is 4.58. The number of nitrogens with one attached hydrogen (secondary N) is 1. The molecule has 0 spiro atoms. The Balaban J connectivity index is 3.14. The monoisotopic (exact) mass is 290 g/mol. The van der Waals surface area contributed by atoms with Crippen molar-refractivity contribution in [3.8, 4) is 0 Å². The van der Waals surface area contributed by atoms with Gasteiger partial charge in [0.2, 0.25) is 0 Å². The third-order valence-electron chi connectivity index (χ3n) is 5.05. The Kier molecular flexibility index (Phi) is 6.89. The van der Waals surface area contributed by atoms with Crippen LogP contribution in [-0.2, 0) is 0 Å². The highest BCUT2D eigenvalue weighted by atomic mass is 15.2. The van der Waals surface area contributed by atoms with E-state index >= 15 is 0 Å². The van der Waals surface area contributed by atoms with Gasteiger partial charge in [-0.2, -0.15) is 0 Å². The summed E-state index contributed by atoms with van der Waals surface area (Å²) in [7, 11) is 2.08. The lowest BCUT2D eigenvalue weighted by Crippen LogP contribution is -2.53. The SMILES string of the molecule is CCN(CC)C(C)(CC)C(NC)c1ccc(C(C)C)cc1. The molecule has 0 fully saturated rings. The highest BCUT2D eigenvalue weighted by Gasteiger charge is 2.36. The average Bonchev–Trinajstić information content (AvgIpc) is 2.49.